The summed E-state index contributed by atoms with van der Waals surface area (Å²) in [7, 11) is 2.08. The lowest BCUT2D eigenvalue weighted by Gasteiger charge is -2.02. The zero-order chi connectivity index (χ0) is 7.72. The molecule has 0 amide bonds. The Morgan fingerprint density at radius 1 is 1.08 bits per heavy atom. The van der Waals surface area contributed by atoms with Gasteiger partial charge in [0.1, 0.15) is 7.85 Å². The Bertz CT molecular complexity index is 243. The minimum absolute atomic E-state index is 0. The molecule has 0 radical (unpaired) electrons. The first-order chi connectivity index (χ1) is 4.61. The lowest BCUT2D eigenvalue weighted by Crippen LogP contribution is -2.06. The monoisotopic (exact) mass is 332 g/mol. The Labute approximate surface area is 103 Å². The lowest BCUT2D eigenvalue weighted by atomic mass is 9.95. The predicted octanol–water partition coefficient (Wildman–Crippen LogP) is 2.62. The SMILES string of the molecule is Bc1c(Br)cc(C)cc1Br.Cl.Cl. The van der Waals surface area contributed by atoms with Crippen LogP contribution in [0.2, 0.25) is 0 Å². The van der Waals surface area contributed by atoms with E-state index in [4.69, 9.17) is 0 Å². The van der Waals surface area contributed by atoms with Gasteiger partial charge in [0.25, 0.3) is 0 Å². The Morgan fingerprint density at radius 3 is 1.75 bits per heavy atom. The van der Waals surface area contributed by atoms with Crippen molar-refractivity contribution in [1.82, 2.24) is 0 Å². The molecule has 0 atom stereocenters. The molecule has 0 spiro atoms. The number of hydrogen-bond acceptors (Lipinski definition) is 0. The van der Waals surface area contributed by atoms with Gasteiger partial charge in [-0.2, -0.15) is 0 Å². The summed E-state index contributed by atoms with van der Waals surface area (Å²) in [6.45, 7) is 2.08. The zero-order valence-corrected chi connectivity index (χ0v) is 11.5. The fraction of sp³-hybridized carbons (Fsp3) is 0.143. The molecular formula is C7H9BBr2Cl2. The minimum Gasteiger partial charge on any atom is -0.147 e. The Kier molecular flexibility index (Phi) is 8.04. The van der Waals surface area contributed by atoms with E-state index in [1.807, 2.05) is 0 Å². The molecule has 1 aromatic rings. The van der Waals surface area contributed by atoms with E-state index in [-0.39, 0.29) is 24.8 Å². The lowest BCUT2D eigenvalue weighted by molar-refractivity contribution is 1.45. The molecule has 0 aliphatic carbocycles. The molecule has 0 N–H and O–H groups in total. The number of aryl methyl sites for hydroxylation is 1. The minimum atomic E-state index is 0. The van der Waals surface area contributed by atoms with Crippen LogP contribution >= 0.6 is 56.7 Å². The maximum absolute atomic E-state index is 3.47. The molecule has 0 nitrogen and oxygen atoms in total. The summed E-state index contributed by atoms with van der Waals surface area (Å²) < 4.78 is 2.33. The summed E-state index contributed by atoms with van der Waals surface area (Å²) in [6, 6.07) is 4.22. The van der Waals surface area contributed by atoms with Crippen molar-refractivity contribution in [2.45, 2.75) is 6.92 Å². The van der Waals surface area contributed by atoms with Crippen molar-refractivity contribution in [3.63, 3.8) is 0 Å². The van der Waals surface area contributed by atoms with E-state index in [1.165, 1.54) is 20.0 Å². The molecule has 5 heteroatoms. The molecule has 0 fully saturated rings. The number of benzene rings is 1. The van der Waals surface area contributed by atoms with E-state index in [0.29, 0.717) is 0 Å². The second-order valence-electron chi connectivity index (χ2n) is 2.35. The van der Waals surface area contributed by atoms with Gasteiger partial charge in [0.15, 0.2) is 0 Å². The van der Waals surface area contributed by atoms with E-state index in [1.54, 1.807) is 0 Å². The Hall–Kier alpha value is 0.825. The highest BCUT2D eigenvalue weighted by Crippen LogP contribution is 2.15. The first-order valence-electron chi connectivity index (χ1n) is 3.03. The van der Waals surface area contributed by atoms with Gasteiger partial charge in [-0.1, -0.05) is 37.3 Å². The number of rotatable bonds is 0. The molecule has 1 aromatic carbocycles. The first kappa shape index (κ1) is 15.3. The van der Waals surface area contributed by atoms with Crippen LogP contribution in [0.15, 0.2) is 21.1 Å². The van der Waals surface area contributed by atoms with Crippen LogP contribution in [-0.4, -0.2) is 7.85 Å². The maximum atomic E-state index is 3.47. The molecule has 1 rings (SSSR count). The summed E-state index contributed by atoms with van der Waals surface area (Å²) in [5, 5.41) is 0. The van der Waals surface area contributed by atoms with E-state index in [0.717, 1.165) is 0 Å². The maximum Gasteiger partial charge on any atom is 0.142 e. The average Bonchev–Trinajstić information content (AvgIpc) is 1.82. The van der Waals surface area contributed by atoms with Crippen LogP contribution in [0, 0.1) is 6.92 Å². The van der Waals surface area contributed by atoms with Crippen molar-refractivity contribution in [2.75, 3.05) is 0 Å². The van der Waals surface area contributed by atoms with Gasteiger partial charge in [-0.3, -0.25) is 0 Å². The van der Waals surface area contributed by atoms with Crippen LogP contribution in [0.5, 0.6) is 0 Å². The first-order valence-corrected chi connectivity index (χ1v) is 4.62. The summed E-state index contributed by atoms with van der Waals surface area (Å²) in [5.74, 6) is 0. The number of hydrogen-bond donors (Lipinski definition) is 0. The molecule has 12 heavy (non-hydrogen) atoms. The molecule has 0 aliphatic heterocycles. The van der Waals surface area contributed by atoms with Gasteiger partial charge < -0.3 is 0 Å². The Morgan fingerprint density at radius 2 is 1.42 bits per heavy atom. The molecule has 0 bridgehead atoms. The summed E-state index contributed by atoms with van der Waals surface area (Å²) in [4.78, 5) is 0. The topological polar surface area (TPSA) is 0 Å². The van der Waals surface area contributed by atoms with Crippen LogP contribution in [0.3, 0.4) is 0 Å². The molecular weight excluding hydrogens is 326 g/mol. The molecule has 0 saturated heterocycles. The highest BCUT2D eigenvalue weighted by molar-refractivity contribution is 9.11. The van der Waals surface area contributed by atoms with Crippen molar-refractivity contribution in [2.24, 2.45) is 0 Å². The van der Waals surface area contributed by atoms with E-state index in [9.17, 15) is 0 Å². The van der Waals surface area contributed by atoms with Crippen LogP contribution in [0.1, 0.15) is 5.56 Å². The second kappa shape index (κ2) is 6.30. The third-order valence-electron chi connectivity index (χ3n) is 1.43. The van der Waals surface area contributed by atoms with Gasteiger partial charge in [-0.25, -0.2) is 0 Å². The smallest absolute Gasteiger partial charge is 0.142 e. The van der Waals surface area contributed by atoms with Crippen molar-refractivity contribution >= 4 is 70.0 Å². The molecule has 0 aromatic heterocycles. The zero-order valence-electron chi connectivity index (χ0n) is 6.73. The molecule has 0 aliphatic rings. The van der Waals surface area contributed by atoms with Gasteiger partial charge in [-0.05, 0) is 24.6 Å². The molecule has 0 unspecified atom stereocenters. The normalized spacial score (nSPS) is 8.25. The molecule has 0 heterocycles. The average molecular weight is 335 g/mol. The van der Waals surface area contributed by atoms with Crippen LogP contribution < -0.4 is 5.46 Å². The summed E-state index contributed by atoms with van der Waals surface area (Å²) >= 11 is 6.93. The van der Waals surface area contributed by atoms with Crippen LogP contribution in [-0.2, 0) is 0 Å². The van der Waals surface area contributed by atoms with Crippen molar-refractivity contribution in [3.8, 4) is 0 Å². The third kappa shape index (κ3) is 3.69. The standard InChI is InChI=1S/C7H7BBr2.2ClH/c1-4-2-5(9)7(8)6(10)3-4;;/h2-3H,8H2,1H3;2*1H. The van der Waals surface area contributed by atoms with Crippen molar-refractivity contribution in [1.29, 1.82) is 0 Å². The van der Waals surface area contributed by atoms with E-state index < -0.39 is 0 Å². The van der Waals surface area contributed by atoms with Gasteiger partial charge >= 0.3 is 0 Å². The largest absolute Gasteiger partial charge is 0.147 e. The summed E-state index contributed by atoms with van der Waals surface area (Å²) in [5.41, 5.74) is 2.52. The Balaban J connectivity index is 0. The van der Waals surface area contributed by atoms with Gasteiger partial charge in [0.05, 0.1) is 0 Å². The van der Waals surface area contributed by atoms with Gasteiger partial charge in [-0.15, -0.1) is 24.8 Å². The fourth-order valence-corrected chi connectivity index (χ4v) is 2.19. The van der Waals surface area contributed by atoms with E-state index in [2.05, 4.69) is 58.8 Å². The highest BCUT2D eigenvalue weighted by Gasteiger charge is 1.98. The van der Waals surface area contributed by atoms with Gasteiger partial charge in [0, 0.05) is 8.95 Å². The van der Waals surface area contributed by atoms with Gasteiger partial charge in [0.2, 0.25) is 0 Å². The fourth-order valence-electron chi connectivity index (χ4n) is 0.772. The third-order valence-corrected chi connectivity index (χ3v) is 3.07. The highest BCUT2D eigenvalue weighted by atomic mass is 79.9. The predicted molar refractivity (Wildman–Crippen MR) is 69.3 cm³/mol. The molecule has 0 saturated carbocycles. The van der Waals surface area contributed by atoms with Crippen molar-refractivity contribution < 1.29 is 0 Å². The molecule has 68 valence electrons. The van der Waals surface area contributed by atoms with Crippen molar-refractivity contribution in [3.05, 3.63) is 26.6 Å². The second-order valence-corrected chi connectivity index (χ2v) is 4.06. The number of halogens is 4. The summed E-state index contributed by atoms with van der Waals surface area (Å²) in [6.07, 6.45) is 0. The van der Waals surface area contributed by atoms with E-state index >= 15 is 0 Å². The van der Waals surface area contributed by atoms with Crippen LogP contribution in [0.25, 0.3) is 0 Å². The van der Waals surface area contributed by atoms with Crippen LogP contribution in [0.4, 0.5) is 0 Å². The quantitative estimate of drug-likeness (QED) is 0.640.